The number of carbonyl (C=O) groups excluding carboxylic acids is 1. The third kappa shape index (κ3) is 4.08. The monoisotopic (exact) mass is 356 g/mol. The van der Waals surface area contributed by atoms with Gasteiger partial charge in [0, 0.05) is 37.5 Å². The van der Waals surface area contributed by atoms with Gasteiger partial charge in [0.05, 0.1) is 27.9 Å². The van der Waals surface area contributed by atoms with E-state index in [9.17, 15) is 4.79 Å². The van der Waals surface area contributed by atoms with Crippen molar-refractivity contribution in [2.24, 2.45) is 0 Å². The van der Waals surface area contributed by atoms with Crippen molar-refractivity contribution in [1.29, 1.82) is 0 Å². The van der Waals surface area contributed by atoms with Crippen LogP contribution in [0.15, 0.2) is 42.5 Å². The molecule has 0 bridgehead atoms. The van der Waals surface area contributed by atoms with Crippen LogP contribution in [0.4, 0.5) is 5.69 Å². The first-order chi connectivity index (χ1) is 12.6. The summed E-state index contributed by atoms with van der Waals surface area (Å²) in [5.41, 5.74) is 1.93. The number of hydrogen-bond acceptors (Lipinski definition) is 5. The molecule has 0 aliphatic carbocycles. The molecule has 1 aliphatic heterocycles. The highest BCUT2D eigenvalue weighted by atomic mass is 16.5. The lowest BCUT2D eigenvalue weighted by Gasteiger charge is -2.34. The first-order valence-corrected chi connectivity index (χ1v) is 8.51. The average molecular weight is 356 g/mol. The van der Waals surface area contributed by atoms with Gasteiger partial charge in [-0.25, -0.2) is 0 Å². The molecule has 1 amide bonds. The number of ether oxygens (including phenoxy) is 3. The Labute approximate surface area is 153 Å². The Hall–Kier alpha value is -2.73. The van der Waals surface area contributed by atoms with Crippen LogP contribution in [-0.4, -0.2) is 51.8 Å². The third-order valence-electron chi connectivity index (χ3n) is 4.48. The molecule has 6 nitrogen and oxygen atoms in total. The summed E-state index contributed by atoms with van der Waals surface area (Å²) in [5.74, 6) is 2.34. The molecule has 0 aromatic heterocycles. The van der Waals surface area contributed by atoms with E-state index in [1.165, 1.54) is 0 Å². The molecule has 1 saturated heterocycles. The van der Waals surface area contributed by atoms with E-state index < -0.39 is 0 Å². The number of methoxy groups -OCH3 is 3. The molecule has 3 rings (SSSR count). The Morgan fingerprint density at radius 3 is 2.19 bits per heavy atom. The van der Waals surface area contributed by atoms with Crippen molar-refractivity contribution < 1.29 is 19.0 Å². The predicted molar refractivity (Wildman–Crippen MR) is 100 cm³/mol. The van der Waals surface area contributed by atoms with Gasteiger partial charge >= 0.3 is 0 Å². The summed E-state index contributed by atoms with van der Waals surface area (Å²) in [4.78, 5) is 16.6. The SMILES string of the molecule is COc1cc(CN2CCN(c3cccc(OC)c3)C(=O)C2)cc(OC)c1. The zero-order chi connectivity index (χ0) is 18.5. The van der Waals surface area contributed by atoms with Crippen LogP contribution in [-0.2, 0) is 11.3 Å². The molecule has 0 saturated carbocycles. The number of carbonyl (C=O) groups is 1. The van der Waals surface area contributed by atoms with E-state index in [1.807, 2.05) is 47.4 Å². The van der Waals surface area contributed by atoms with Crippen molar-refractivity contribution >= 4 is 11.6 Å². The Morgan fingerprint density at radius 2 is 1.58 bits per heavy atom. The van der Waals surface area contributed by atoms with Crippen LogP contribution in [0.25, 0.3) is 0 Å². The molecule has 26 heavy (non-hydrogen) atoms. The quantitative estimate of drug-likeness (QED) is 0.796. The molecule has 0 unspecified atom stereocenters. The highest BCUT2D eigenvalue weighted by molar-refractivity contribution is 5.95. The maximum atomic E-state index is 12.6. The Bertz CT molecular complexity index is 756. The van der Waals surface area contributed by atoms with Gasteiger partial charge < -0.3 is 19.1 Å². The minimum absolute atomic E-state index is 0.0827. The number of benzene rings is 2. The molecule has 6 heteroatoms. The van der Waals surface area contributed by atoms with Crippen molar-refractivity contribution in [3.05, 3.63) is 48.0 Å². The van der Waals surface area contributed by atoms with E-state index in [1.54, 1.807) is 21.3 Å². The molecule has 0 N–H and O–H groups in total. The fraction of sp³-hybridized carbons (Fsp3) is 0.350. The Balaban J connectivity index is 1.68. The number of piperazine rings is 1. The smallest absolute Gasteiger partial charge is 0.241 e. The van der Waals surface area contributed by atoms with E-state index >= 15 is 0 Å². The van der Waals surface area contributed by atoms with E-state index in [-0.39, 0.29) is 5.91 Å². The van der Waals surface area contributed by atoms with E-state index in [4.69, 9.17) is 14.2 Å². The lowest BCUT2D eigenvalue weighted by atomic mass is 10.1. The first-order valence-electron chi connectivity index (χ1n) is 8.51. The first kappa shape index (κ1) is 18.1. The lowest BCUT2D eigenvalue weighted by molar-refractivity contribution is -0.121. The van der Waals surface area contributed by atoms with Gasteiger partial charge in [0.2, 0.25) is 5.91 Å². The Morgan fingerprint density at radius 1 is 0.885 bits per heavy atom. The predicted octanol–water partition coefficient (Wildman–Crippen LogP) is 2.56. The van der Waals surface area contributed by atoms with Crippen molar-refractivity contribution in [2.75, 3.05) is 45.9 Å². The van der Waals surface area contributed by atoms with Gasteiger partial charge in [-0.15, -0.1) is 0 Å². The number of hydrogen-bond donors (Lipinski definition) is 0. The molecule has 1 fully saturated rings. The van der Waals surface area contributed by atoms with Gasteiger partial charge in [-0.2, -0.15) is 0 Å². The summed E-state index contributed by atoms with van der Waals surface area (Å²) < 4.78 is 15.9. The van der Waals surface area contributed by atoms with Gasteiger partial charge in [-0.05, 0) is 29.8 Å². The summed E-state index contributed by atoms with van der Waals surface area (Å²) in [5, 5.41) is 0. The maximum Gasteiger partial charge on any atom is 0.241 e. The van der Waals surface area contributed by atoms with Crippen LogP contribution in [0, 0.1) is 0 Å². The minimum atomic E-state index is 0.0827. The molecule has 2 aromatic carbocycles. The topological polar surface area (TPSA) is 51.2 Å². The van der Waals surface area contributed by atoms with Gasteiger partial charge in [0.15, 0.2) is 0 Å². The number of amides is 1. The van der Waals surface area contributed by atoms with Crippen LogP contribution in [0.2, 0.25) is 0 Å². The molecule has 0 spiro atoms. The van der Waals surface area contributed by atoms with Crippen LogP contribution in [0.1, 0.15) is 5.56 Å². The van der Waals surface area contributed by atoms with Crippen molar-refractivity contribution in [3.63, 3.8) is 0 Å². The van der Waals surface area contributed by atoms with E-state index in [0.29, 0.717) is 19.6 Å². The Kier molecular flexibility index (Phi) is 5.63. The summed E-state index contributed by atoms with van der Waals surface area (Å²) >= 11 is 0. The van der Waals surface area contributed by atoms with Crippen LogP contribution >= 0.6 is 0 Å². The normalized spacial score (nSPS) is 15.0. The molecule has 2 aromatic rings. The molecule has 138 valence electrons. The highest BCUT2D eigenvalue weighted by Crippen LogP contribution is 2.25. The van der Waals surface area contributed by atoms with Gasteiger partial charge in [0.1, 0.15) is 17.2 Å². The van der Waals surface area contributed by atoms with Crippen molar-refractivity contribution in [1.82, 2.24) is 4.90 Å². The maximum absolute atomic E-state index is 12.6. The molecule has 0 radical (unpaired) electrons. The summed E-state index contributed by atoms with van der Waals surface area (Å²) in [7, 11) is 4.89. The zero-order valence-corrected chi connectivity index (χ0v) is 15.4. The second-order valence-corrected chi connectivity index (χ2v) is 6.18. The highest BCUT2D eigenvalue weighted by Gasteiger charge is 2.25. The van der Waals surface area contributed by atoms with Crippen LogP contribution < -0.4 is 19.1 Å². The van der Waals surface area contributed by atoms with Crippen molar-refractivity contribution in [3.8, 4) is 17.2 Å². The lowest BCUT2D eigenvalue weighted by Crippen LogP contribution is -2.50. The van der Waals surface area contributed by atoms with Crippen LogP contribution in [0.5, 0.6) is 17.2 Å². The molecule has 0 atom stereocenters. The summed E-state index contributed by atoms with van der Waals surface area (Å²) in [6.07, 6.45) is 0. The number of nitrogens with zero attached hydrogens (tertiary/aromatic N) is 2. The molecule has 1 heterocycles. The number of anilines is 1. The summed E-state index contributed by atoms with van der Waals surface area (Å²) in [6.45, 7) is 2.48. The molecular weight excluding hydrogens is 332 g/mol. The van der Waals surface area contributed by atoms with Gasteiger partial charge in [-0.3, -0.25) is 9.69 Å². The summed E-state index contributed by atoms with van der Waals surface area (Å²) in [6, 6.07) is 13.4. The molecular formula is C20H24N2O4. The third-order valence-corrected chi connectivity index (χ3v) is 4.48. The number of rotatable bonds is 6. The molecule has 1 aliphatic rings. The van der Waals surface area contributed by atoms with E-state index in [2.05, 4.69) is 4.90 Å². The largest absolute Gasteiger partial charge is 0.497 e. The van der Waals surface area contributed by atoms with Gasteiger partial charge in [-0.1, -0.05) is 6.07 Å². The second-order valence-electron chi connectivity index (χ2n) is 6.18. The second kappa shape index (κ2) is 8.10. The average Bonchev–Trinajstić information content (AvgIpc) is 2.67. The van der Waals surface area contributed by atoms with Crippen LogP contribution in [0.3, 0.4) is 0 Å². The fourth-order valence-electron chi connectivity index (χ4n) is 3.12. The zero-order valence-electron chi connectivity index (χ0n) is 15.4. The van der Waals surface area contributed by atoms with Crippen molar-refractivity contribution in [2.45, 2.75) is 6.54 Å². The van der Waals surface area contributed by atoms with Gasteiger partial charge in [0.25, 0.3) is 0 Å². The van der Waals surface area contributed by atoms with E-state index in [0.717, 1.165) is 35.0 Å². The fourth-order valence-corrected chi connectivity index (χ4v) is 3.12. The minimum Gasteiger partial charge on any atom is -0.497 e. The standard InChI is InChI=1S/C20H24N2O4/c1-24-17-6-4-5-16(11-17)22-8-7-21(14-20(22)23)13-15-9-18(25-2)12-19(10-15)26-3/h4-6,9-12H,7-8,13-14H2,1-3H3.